The first kappa shape index (κ1) is 13.2. The molecule has 2 aromatic rings. The number of aromatic nitrogens is 2. The number of alkyl halides is 2. The molecule has 1 aromatic heterocycles. The molecule has 0 saturated heterocycles. The summed E-state index contributed by atoms with van der Waals surface area (Å²) < 4.78 is 26.9. The van der Waals surface area contributed by atoms with E-state index in [1.54, 1.807) is 6.07 Å². The van der Waals surface area contributed by atoms with Crippen LogP contribution in [0, 0.1) is 6.92 Å². The van der Waals surface area contributed by atoms with Gasteiger partial charge in [0.25, 0.3) is 6.43 Å². The summed E-state index contributed by atoms with van der Waals surface area (Å²) >= 11 is 0. The Labute approximate surface area is 108 Å². The van der Waals surface area contributed by atoms with Crippen LogP contribution in [0.1, 0.15) is 33.6 Å². The molecule has 1 aromatic carbocycles. The summed E-state index contributed by atoms with van der Waals surface area (Å²) in [5.41, 5.74) is 0.778. The minimum Gasteiger partial charge on any atom is -0.478 e. The van der Waals surface area contributed by atoms with Gasteiger partial charge in [-0.05, 0) is 12.5 Å². The second-order valence-corrected chi connectivity index (χ2v) is 4.20. The van der Waals surface area contributed by atoms with E-state index in [0.29, 0.717) is 0 Å². The Hall–Kier alpha value is -2.24. The number of benzene rings is 1. The largest absolute Gasteiger partial charge is 0.478 e. The number of hydrogen-bond acceptors (Lipinski definition) is 2. The molecule has 0 aliphatic rings. The van der Waals surface area contributed by atoms with Crippen LogP contribution in [0.2, 0.25) is 0 Å². The van der Waals surface area contributed by atoms with Gasteiger partial charge in [-0.3, -0.25) is 4.68 Å². The number of carbonyl (C=O) groups is 1. The van der Waals surface area contributed by atoms with E-state index in [9.17, 15) is 13.6 Å². The smallest absolute Gasteiger partial charge is 0.339 e. The lowest BCUT2D eigenvalue weighted by Gasteiger charge is -2.08. The maximum atomic E-state index is 12.9. The molecule has 0 saturated carbocycles. The SMILES string of the molecule is Cc1cccc(Cn2ncc(C(=O)O)c2C(F)F)c1. The van der Waals surface area contributed by atoms with Crippen LogP contribution in [0.5, 0.6) is 0 Å². The number of carboxylic acids is 1. The minimum atomic E-state index is -2.88. The average Bonchev–Trinajstić information content (AvgIpc) is 2.73. The lowest BCUT2D eigenvalue weighted by Crippen LogP contribution is -2.10. The predicted octanol–water partition coefficient (Wildman–Crippen LogP) is 2.88. The molecule has 0 spiro atoms. The summed E-state index contributed by atoms with van der Waals surface area (Å²) in [5, 5.41) is 12.6. The third-order valence-corrected chi connectivity index (χ3v) is 2.73. The molecule has 1 N–H and O–H groups in total. The highest BCUT2D eigenvalue weighted by Crippen LogP contribution is 2.23. The summed E-state index contributed by atoms with van der Waals surface area (Å²) in [4.78, 5) is 10.9. The molecule has 0 radical (unpaired) electrons. The van der Waals surface area contributed by atoms with Crippen molar-refractivity contribution >= 4 is 5.97 Å². The molecule has 1 heterocycles. The molecule has 0 fully saturated rings. The molecule has 6 heteroatoms. The van der Waals surface area contributed by atoms with Crippen LogP contribution in [0.15, 0.2) is 30.5 Å². The number of aromatic carboxylic acids is 1. The van der Waals surface area contributed by atoms with Gasteiger partial charge in [-0.1, -0.05) is 29.8 Å². The van der Waals surface area contributed by atoms with Gasteiger partial charge in [-0.25, -0.2) is 13.6 Å². The van der Waals surface area contributed by atoms with Gasteiger partial charge >= 0.3 is 5.97 Å². The van der Waals surface area contributed by atoms with Gasteiger partial charge in [0, 0.05) is 0 Å². The molecule has 0 unspecified atom stereocenters. The van der Waals surface area contributed by atoms with Crippen molar-refractivity contribution in [1.29, 1.82) is 0 Å². The summed E-state index contributed by atoms with van der Waals surface area (Å²) in [6.45, 7) is 2.01. The van der Waals surface area contributed by atoms with Crippen LogP contribution in [-0.4, -0.2) is 20.9 Å². The van der Waals surface area contributed by atoms with Crippen LogP contribution in [0.3, 0.4) is 0 Å². The number of rotatable bonds is 4. The van der Waals surface area contributed by atoms with Gasteiger partial charge in [0.05, 0.1) is 12.7 Å². The summed E-state index contributed by atoms with van der Waals surface area (Å²) in [6, 6.07) is 7.33. The Kier molecular flexibility index (Phi) is 3.59. The van der Waals surface area contributed by atoms with Gasteiger partial charge in [0.2, 0.25) is 0 Å². The first-order valence-corrected chi connectivity index (χ1v) is 5.61. The van der Waals surface area contributed by atoms with Crippen molar-refractivity contribution in [1.82, 2.24) is 9.78 Å². The van der Waals surface area contributed by atoms with E-state index in [-0.39, 0.29) is 6.54 Å². The van der Waals surface area contributed by atoms with E-state index in [2.05, 4.69) is 5.10 Å². The molecule has 2 rings (SSSR count). The van der Waals surface area contributed by atoms with E-state index >= 15 is 0 Å². The summed E-state index contributed by atoms with van der Waals surface area (Å²) in [6.07, 6.45) is -1.92. The summed E-state index contributed by atoms with van der Waals surface area (Å²) in [5.74, 6) is -1.40. The maximum Gasteiger partial charge on any atom is 0.339 e. The fourth-order valence-corrected chi connectivity index (χ4v) is 1.90. The number of halogens is 2. The predicted molar refractivity (Wildman–Crippen MR) is 64.4 cm³/mol. The lowest BCUT2D eigenvalue weighted by atomic mass is 10.1. The first-order chi connectivity index (χ1) is 8.99. The van der Waals surface area contributed by atoms with Gasteiger partial charge in [0.1, 0.15) is 11.3 Å². The van der Waals surface area contributed by atoms with E-state index in [1.807, 2.05) is 25.1 Å². The summed E-state index contributed by atoms with van der Waals surface area (Å²) in [7, 11) is 0. The molecular formula is C13H12F2N2O2. The van der Waals surface area contributed by atoms with Crippen LogP contribution in [0.4, 0.5) is 8.78 Å². The van der Waals surface area contributed by atoms with Crippen LogP contribution >= 0.6 is 0 Å². The van der Waals surface area contributed by atoms with E-state index in [1.165, 1.54) is 0 Å². The van der Waals surface area contributed by atoms with Crippen LogP contribution in [-0.2, 0) is 6.54 Å². The zero-order valence-electron chi connectivity index (χ0n) is 10.2. The Morgan fingerprint density at radius 2 is 2.21 bits per heavy atom. The maximum absolute atomic E-state index is 12.9. The van der Waals surface area contributed by atoms with E-state index in [4.69, 9.17) is 5.11 Å². The fraction of sp³-hybridized carbons (Fsp3) is 0.231. The standard InChI is InChI=1S/C13H12F2N2O2/c1-8-3-2-4-9(5-8)7-17-11(12(14)15)10(6-16-17)13(18)19/h2-6,12H,7H2,1H3,(H,18,19). The Morgan fingerprint density at radius 3 is 2.79 bits per heavy atom. The molecule has 19 heavy (non-hydrogen) atoms. The molecule has 0 aliphatic carbocycles. The normalized spacial score (nSPS) is 10.9. The van der Waals surface area contributed by atoms with Crippen molar-refractivity contribution in [2.75, 3.05) is 0 Å². The Morgan fingerprint density at radius 1 is 1.47 bits per heavy atom. The van der Waals surface area contributed by atoms with Gasteiger partial charge in [-0.15, -0.1) is 0 Å². The van der Waals surface area contributed by atoms with Gasteiger partial charge < -0.3 is 5.11 Å². The van der Waals surface area contributed by atoms with Crippen molar-refractivity contribution in [3.05, 3.63) is 52.8 Å². The zero-order chi connectivity index (χ0) is 14.0. The highest BCUT2D eigenvalue weighted by atomic mass is 19.3. The van der Waals surface area contributed by atoms with Crippen molar-refractivity contribution in [3.63, 3.8) is 0 Å². The quantitative estimate of drug-likeness (QED) is 0.925. The van der Waals surface area contributed by atoms with Crippen molar-refractivity contribution < 1.29 is 18.7 Å². The van der Waals surface area contributed by atoms with Gasteiger partial charge in [-0.2, -0.15) is 5.10 Å². The Balaban J connectivity index is 2.38. The molecule has 0 amide bonds. The third kappa shape index (κ3) is 2.78. The van der Waals surface area contributed by atoms with Crippen molar-refractivity contribution in [3.8, 4) is 0 Å². The van der Waals surface area contributed by atoms with Crippen LogP contribution < -0.4 is 0 Å². The monoisotopic (exact) mass is 266 g/mol. The second kappa shape index (κ2) is 5.17. The number of carboxylic acid groups (broad SMARTS) is 1. The number of aryl methyl sites for hydroxylation is 1. The van der Waals surface area contributed by atoms with E-state index < -0.39 is 23.7 Å². The van der Waals surface area contributed by atoms with Crippen molar-refractivity contribution in [2.24, 2.45) is 0 Å². The third-order valence-electron chi connectivity index (χ3n) is 2.73. The second-order valence-electron chi connectivity index (χ2n) is 4.20. The molecule has 0 aliphatic heterocycles. The molecule has 0 atom stereocenters. The first-order valence-electron chi connectivity index (χ1n) is 5.61. The van der Waals surface area contributed by atoms with Crippen LogP contribution in [0.25, 0.3) is 0 Å². The average molecular weight is 266 g/mol. The van der Waals surface area contributed by atoms with Crippen molar-refractivity contribution in [2.45, 2.75) is 19.9 Å². The zero-order valence-corrected chi connectivity index (χ0v) is 10.2. The topological polar surface area (TPSA) is 55.1 Å². The molecule has 100 valence electrons. The molecule has 4 nitrogen and oxygen atoms in total. The number of nitrogens with zero attached hydrogens (tertiary/aromatic N) is 2. The Bertz CT molecular complexity index is 608. The highest BCUT2D eigenvalue weighted by molar-refractivity contribution is 5.88. The highest BCUT2D eigenvalue weighted by Gasteiger charge is 2.24. The lowest BCUT2D eigenvalue weighted by molar-refractivity contribution is 0.0682. The number of hydrogen-bond donors (Lipinski definition) is 1. The molecule has 0 bridgehead atoms. The fourth-order valence-electron chi connectivity index (χ4n) is 1.90. The van der Waals surface area contributed by atoms with Gasteiger partial charge in [0.15, 0.2) is 0 Å². The minimum absolute atomic E-state index is 0.120. The van der Waals surface area contributed by atoms with E-state index in [0.717, 1.165) is 22.0 Å². The molecular weight excluding hydrogens is 254 g/mol.